The van der Waals surface area contributed by atoms with Crippen LogP contribution in [0, 0.1) is 0 Å². The van der Waals surface area contributed by atoms with Crippen LogP contribution in [0.3, 0.4) is 0 Å². The third-order valence-corrected chi connectivity index (χ3v) is 6.21. The van der Waals surface area contributed by atoms with E-state index in [1.165, 1.54) is 29.1 Å². The Kier molecular flexibility index (Phi) is 6.00. The average molecular weight is 459 g/mol. The third kappa shape index (κ3) is 4.50. The van der Waals surface area contributed by atoms with Crippen molar-refractivity contribution < 1.29 is 13.2 Å². The molecule has 10 heteroatoms. The second-order valence-electron chi connectivity index (χ2n) is 5.95. The summed E-state index contributed by atoms with van der Waals surface area (Å²) in [5.74, 6) is -0.106. The van der Waals surface area contributed by atoms with Crippen LogP contribution in [0.25, 0.3) is 0 Å². The fraction of sp³-hybridized carbons (Fsp3) is 0.111. The maximum absolute atomic E-state index is 12.6. The van der Waals surface area contributed by atoms with Gasteiger partial charge in [-0.15, -0.1) is 0 Å². The van der Waals surface area contributed by atoms with Gasteiger partial charge in [0, 0.05) is 33.5 Å². The van der Waals surface area contributed by atoms with E-state index in [1.807, 2.05) is 0 Å². The Morgan fingerprint density at radius 3 is 2.39 bits per heavy atom. The quantitative estimate of drug-likeness (QED) is 0.608. The van der Waals surface area contributed by atoms with Crippen molar-refractivity contribution in [3.05, 3.63) is 74.9 Å². The maximum atomic E-state index is 12.6. The number of amides is 1. The van der Waals surface area contributed by atoms with Gasteiger partial charge in [-0.2, -0.15) is 5.10 Å². The highest BCUT2D eigenvalue weighted by Crippen LogP contribution is 2.26. The second-order valence-corrected chi connectivity index (χ2v) is 9.15. The molecule has 0 aliphatic carbocycles. The van der Waals surface area contributed by atoms with Crippen molar-refractivity contribution >= 4 is 56.4 Å². The van der Waals surface area contributed by atoms with Gasteiger partial charge in [0.25, 0.3) is 5.91 Å². The number of halogens is 3. The number of hydrogen-bond donors (Lipinski definition) is 1. The van der Waals surface area contributed by atoms with Crippen LogP contribution in [0.1, 0.15) is 15.9 Å². The van der Waals surface area contributed by atoms with E-state index in [0.717, 1.165) is 6.26 Å². The molecule has 0 aliphatic heterocycles. The zero-order chi connectivity index (χ0) is 20.5. The Labute approximate surface area is 176 Å². The molecular weight excluding hydrogens is 445 g/mol. The number of nitrogens with one attached hydrogen (secondary N) is 1. The van der Waals surface area contributed by atoms with Crippen LogP contribution in [0.4, 0.5) is 5.82 Å². The van der Waals surface area contributed by atoms with Crippen LogP contribution < -0.4 is 5.32 Å². The van der Waals surface area contributed by atoms with E-state index in [-0.39, 0.29) is 22.0 Å². The zero-order valence-corrected chi connectivity index (χ0v) is 17.6. The lowest BCUT2D eigenvalue weighted by Gasteiger charge is -2.12. The molecule has 0 aliphatic rings. The summed E-state index contributed by atoms with van der Waals surface area (Å²) in [7, 11) is -3.57. The van der Waals surface area contributed by atoms with Crippen LogP contribution in [0.15, 0.2) is 53.6 Å². The largest absolute Gasteiger partial charge is 0.307 e. The Morgan fingerprint density at radius 2 is 1.75 bits per heavy atom. The van der Waals surface area contributed by atoms with Gasteiger partial charge in [-0.1, -0.05) is 40.9 Å². The van der Waals surface area contributed by atoms with E-state index in [0.29, 0.717) is 21.4 Å². The molecule has 146 valence electrons. The third-order valence-electron chi connectivity index (χ3n) is 3.92. The number of carbonyl (C=O) groups excluding carboxylic acids is 1. The van der Waals surface area contributed by atoms with Crippen LogP contribution in [-0.4, -0.2) is 30.4 Å². The highest BCUT2D eigenvalue weighted by molar-refractivity contribution is 7.90. The molecule has 1 amide bonds. The average Bonchev–Trinajstić information content (AvgIpc) is 3.04. The Balaban J connectivity index is 1.86. The van der Waals surface area contributed by atoms with Crippen LogP contribution in [-0.2, 0) is 16.4 Å². The minimum Gasteiger partial charge on any atom is -0.307 e. The van der Waals surface area contributed by atoms with Gasteiger partial charge in [0.2, 0.25) is 0 Å². The molecule has 1 heterocycles. The SMILES string of the molecule is CS(=O)(=O)c1cc(C(=O)Nc2ccnn2Cc2c(Cl)cccc2Cl)ccc1Cl. The van der Waals surface area contributed by atoms with Gasteiger partial charge < -0.3 is 5.32 Å². The number of benzene rings is 2. The fourth-order valence-corrected chi connectivity index (χ4v) is 4.33. The molecular formula is C18H14Cl3N3O3S. The van der Waals surface area contributed by atoms with Gasteiger partial charge in [0.15, 0.2) is 9.84 Å². The first-order valence-corrected chi connectivity index (χ1v) is 10.9. The number of rotatable bonds is 5. The number of sulfone groups is 1. The predicted octanol–water partition coefficient (Wildman–Crippen LogP) is 4.55. The molecule has 6 nitrogen and oxygen atoms in total. The van der Waals surface area contributed by atoms with E-state index in [4.69, 9.17) is 34.8 Å². The second kappa shape index (κ2) is 8.13. The van der Waals surface area contributed by atoms with Gasteiger partial charge in [-0.25, -0.2) is 13.1 Å². The lowest BCUT2D eigenvalue weighted by molar-refractivity contribution is 0.102. The van der Waals surface area contributed by atoms with Crippen molar-refractivity contribution in [3.8, 4) is 0 Å². The van der Waals surface area contributed by atoms with E-state index in [2.05, 4.69) is 10.4 Å². The van der Waals surface area contributed by atoms with Crippen molar-refractivity contribution in [3.63, 3.8) is 0 Å². The van der Waals surface area contributed by atoms with Crippen molar-refractivity contribution in [2.45, 2.75) is 11.4 Å². The summed E-state index contributed by atoms with van der Waals surface area (Å²) in [6.45, 7) is 0.246. The molecule has 3 rings (SSSR count). The van der Waals surface area contributed by atoms with Crippen LogP contribution in [0.5, 0.6) is 0 Å². The van der Waals surface area contributed by atoms with Crippen molar-refractivity contribution in [2.24, 2.45) is 0 Å². The molecule has 0 bridgehead atoms. The minimum atomic E-state index is -3.57. The van der Waals surface area contributed by atoms with Gasteiger partial charge in [-0.3, -0.25) is 4.79 Å². The van der Waals surface area contributed by atoms with E-state index < -0.39 is 15.7 Å². The summed E-state index contributed by atoms with van der Waals surface area (Å²) >= 11 is 18.3. The molecule has 3 aromatic rings. The molecule has 0 atom stereocenters. The lowest BCUT2D eigenvalue weighted by atomic mass is 10.2. The van der Waals surface area contributed by atoms with Crippen LogP contribution >= 0.6 is 34.8 Å². The van der Waals surface area contributed by atoms with Gasteiger partial charge in [0.1, 0.15) is 5.82 Å². The molecule has 28 heavy (non-hydrogen) atoms. The van der Waals surface area contributed by atoms with E-state index in [1.54, 1.807) is 24.3 Å². The highest BCUT2D eigenvalue weighted by atomic mass is 35.5. The smallest absolute Gasteiger partial charge is 0.256 e. The van der Waals surface area contributed by atoms with Gasteiger partial charge >= 0.3 is 0 Å². The molecule has 0 saturated carbocycles. The Hall–Kier alpha value is -2.06. The summed E-state index contributed by atoms with van der Waals surface area (Å²) in [5.41, 5.74) is 0.809. The van der Waals surface area contributed by atoms with Crippen molar-refractivity contribution in [2.75, 3.05) is 11.6 Å². The van der Waals surface area contributed by atoms with E-state index in [9.17, 15) is 13.2 Å². The fourth-order valence-electron chi connectivity index (χ4n) is 2.52. The molecule has 0 unspecified atom stereocenters. The maximum Gasteiger partial charge on any atom is 0.256 e. The molecule has 1 N–H and O–H groups in total. The normalized spacial score (nSPS) is 11.4. The first-order valence-electron chi connectivity index (χ1n) is 7.92. The first kappa shape index (κ1) is 20.7. The number of anilines is 1. The van der Waals surface area contributed by atoms with Crippen molar-refractivity contribution in [1.82, 2.24) is 9.78 Å². The number of carbonyl (C=O) groups is 1. The molecule has 0 saturated heterocycles. The minimum absolute atomic E-state index is 0.0532. The molecule has 0 spiro atoms. The number of nitrogens with zero attached hydrogens (tertiary/aromatic N) is 2. The standard InChI is InChI=1S/C18H14Cl3N3O3S/c1-28(26,27)16-9-11(5-6-15(16)21)18(25)23-17-7-8-22-24(17)10-12-13(19)3-2-4-14(12)20/h2-9H,10H2,1H3,(H,23,25). The van der Waals surface area contributed by atoms with Crippen LogP contribution in [0.2, 0.25) is 15.1 Å². The summed E-state index contributed by atoms with van der Waals surface area (Å²) in [6.07, 6.45) is 2.54. The summed E-state index contributed by atoms with van der Waals surface area (Å²) in [5, 5.41) is 7.90. The van der Waals surface area contributed by atoms with Crippen molar-refractivity contribution in [1.29, 1.82) is 0 Å². The summed E-state index contributed by atoms with van der Waals surface area (Å²) in [6, 6.07) is 10.8. The summed E-state index contributed by atoms with van der Waals surface area (Å²) in [4.78, 5) is 12.5. The lowest BCUT2D eigenvalue weighted by Crippen LogP contribution is -2.17. The predicted molar refractivity (Wildman–Crippen MR) is 110 cm³/mol. The molecule has 1 aromatic heterocycles. The molecule has 2 aromatic carbocycles. The topological polar surface area (TPSA) is 81.1 Å². The molecule has 0 fully saturated rings. The van der Waals surface area contributed by atoms with Gasteiger partial charge in [0.05, 0.1) is 22.7 Å². The molecule has 0 radical (unpaired) electrons. The zero-order valence-electron chi connectivity index (χ0n) is 14.5. The first-order chi connectivity index (χ1) is 13.2. The Bertz CT molecular complexity index is 1140. The highest BCUT2D eigenvalue weighted by Gasteiger charge is 2.17. The monoisotopic (exact) mass is 457 g/mol. The summed E-state index contributed by atoms with van der Waals surface area (Å²) < 4.78 is 25.1. The Morgan fingerprint density at radius 1 is 1.07 bits per heavy atom. The van der Waals surface area contributed by atoms with E-state index >= 15 is 0 Å². The number of hydrogen-bond acceptors (Lipinski definition) is 4. The number of aromatic nitrogens is 2. The van der Waals surface area contributed by atoms with Gasteiger partial charge in [-0.05, 0) is 30.3 Å².